The van der Waals surface area contributed by atoms with Crippen LogP contribution < -0.4 is 0 Å². The van der Waals surface area contributed by atoms with Gasteiger partial charge in [-0.1, -0.05) is 53.7 Å². The summed E-state index contributed by atoms with van der Waals surface area (Å²) in [7, 11) is 0. The van der Waals surface area contributed by atoms with Crippen molar-refractivity contribution in [2.24, 2.45) is 5.16 Å². The summed E-state index contributed by atoms with van der Waals surface area (Å²) in [5.41, 5.74) is 7.40. The third kappa shape index (κ3) is 1.34. The van der Waals surface area contributed by atoms with E-state index in [0.29, 0.717) is 5.71 Å². The Morgan fingerprint density at radius 3 is 1.63 bits per heavy atom. The molecule has 0 aromatic heterocycles. The number of oxime groups is 1. The van der Waals surface area contributed by atoms with Gasteiger partial charge in [0.15, 0.2) is 0 Å². The maximum absolute atomic E-state index is 9.35. The molecule has 0 bridgehead atoms. The van der Waals surface area contributed by atoms with Gasteiger partial charge in [-0.25, -0.2) is 0 Å². The normalized spacial score (nSPS) is 14.1. The number of benzene rings is 2. The minimum absolute atomic E-state index is 0.664. The van der Waals surface area contributed by atoms with E-state index in [2.05, 4.69) is 41.6 Å². The average molecular weight is 245 g/mol. The SMILES string of the molecule is ON=C(C1=Cc2ccccc21)C1=Cc2ccccc21. The first-order valence-corrected chi connectivity index (χ1v) is 6.23. The molecule has 2 aliphatic rings. The molecule has 0 amide bonds. The predicted molar refractivity (Wildman–Crippen MR) is 77.8 cm³/mol. The average Bonchev–Trinajstić information content (AvgIpc) is 2.39. The summed E-state index contributed by atoms with van der Waals surface area (Å²) in [6.45, 7) is 0. The second-order valence-electron chi connectivity index (χ2n) is 4.74. The molecule has 0 heterocycles. The van der Waals surface area contributed by atoms with Gasteiger partial charge in [0, 0.05) is 11.1 Å². The van der Waals surface area contributed by atoms with Gasteiger partial charge in [-0.3, -0.25) is 0 Å². The molecule has 4 rings (SSSR count). The molecule has 2 heteroatoms. The van der Waals surface area contributed by atoms with Crippen molar-refractivity contribution in [2.75, 3.05) is 0 Å². The van der Waals surface area contributed by atoms with Crippen molar-refractivity contribution in [1.29, 1.82) is 0 Å². The maximum atomic E-state index is 9.35. The molecule has 0 unspecified atom stereocenters. The van der Waals surface area contributed by atoms with Crippen LogP contribution in [0, 0.1) is 0 Å². The fraction of sp³-hybridized carbons (Fsp3) is 0. The minimum Gasteiger partial charge on any atom is -0.410 e. The first-order valence-electron chi connectivity index (χ1n) is 6.23. The number of nitrogens with zero attached hydrogens (tertiary/aromatic N) is 1. The van der Waals surface area contributed by atoms with Gasteiger partial charge in [-0.05, 0) is 34.4 Å². The smallest absolute Gasteiger partial charge is 0.118 e. The molecule has 2 aliphatic carbocycles. The van der Waals surface area contributed by atoms with E-state index < -0.39 is 0 Å². The molecule has 2 nitrogen and oxygen atoms in total. The first-order chi connectivity index (χ1) is 9.38. The Hall–Kier alpha value is -2.61. The van der Waals surface area contributed by atoms with Crippen LogP contribution in [-0.4, -0.2) is 10.9 Å². The third-order valence-electron chi connectivity index (χ3n) is 3.71. The summed E-state index contributed by atoms with van der Waals surface area (Å²) in [5, 5.41) is 12.9. The zero-order chi connectivity index (χ0) is 12.8. The van der Waals surface area contributed by atoms with Crippen LogP contribution in [0.3, 0.4) is 0 Å². The maximum Gasteiger partial charge on any atom is 0.118 e. The van der Waals surface area contributed by atoms with Crippen LogP contribution in [0.1, 0.15) is 22.3 Å². The van der Waals surface area contributed by atoms with Crippen molar-refractivity contribution >= 4 is 29.0 Å². The van der Waals surface area contributed by atoms with Gasteiger partial charge < -0.3 is 5.21 Å². The number of allylic oxidation sites excluding steroid dienone is 2. The molecule has 90 valence electrons. The molecule has 1 N–H and O–H groups in total. The summed E-state index contributed by atoms with van der Waals surface area (Å²) in [4.78, 5) is 0. The van der Waals surface area contributed by atoms with E-state index in [9.17, 15) is 5.21 Å². The lowest BCUT2D eigenvalue weighted by Gasteiger charge is -2.26. The number of hydrogen-bond donors (Lipinski definition) is 1. The zero-order valence-corrected chi connectivity index (χ0v) is 10.2. The molecular formula is C17H11NO. The summed E-state index contributed by atoms with van der Waals surface area (Å²) in [6, 6.07) is 16.3. The second kappa shape index (κ2) is 3.69. The standard InChI is InChI=1S/C17H11NO/c19-18-17(15-9-11-5-1-3-7-13(11)15)16-10-12-6-2-4-8-14(12)16/h1-10,19H. The Labute approximate surface area is 111 Å². The van der Waals surface area contributed by atoms with Gasteiger partial charge in [0.1, 0.15) is 5.71 Å². The first kappa shape index (κ1) is 10.3. The zero-order valence-electron chi connectivity index (χ0n) is 10.2. The summed E-state index contributed by atoms with van der Waals surface area (Å²) >= 11 is 0. The predicted octanol–water partition coefficient (Wildman–Crippen LogP) is 3.93. The fourth-order valence-electron chi connectivity index (χ4n) is 2.69. The van der Waals surface area contributed by atoms with Gasteiger partial charge in [0.25, 0.3) is 0 Å². The van der Waals surface area contributed by atoms with Crippen LogP contribution in [0.4, 0.5) is 0 Å². The lowest BCUT2D eigenvalue weighted by Crippen LogP contribution is -2.15. The summed E-state index contributed by atoms with van der Waals surface area (Å²) in [6.07, 6.45) is 4.12. The largest absolute Gasteiger partial charge is 0.410 e. The van der Waals surface area contributed by atoms with Crippen LogP contribution in [0.25, 0.3) is 23.3 Å². The minimum atomic E-state index is 0.664. The van der Waals surface area contributed by atoms with Crippen LogP contribution in [0.15, 0.2) is 53.7 Å². The van der Waals surface area contributed by atoms with Crippen LogP contribution in [-0.2, 0) is 0 Å². The molecule has 0 spiro atoms. The summed E-state index contributed by atoms with van der Waals surface area (Å²) in [5.74, 6) is 0. The lowest BCUT2D eigenvalue weighted by molar-refractivity contribution is 0.320. The highest BCUT2D eigenvalue weighted by molar-refractivity contribution is 6.52. The molecule has 2 aromatic rings. The van der Waals surface area contributed by atoms with Crippen molar-refractivity contribution in [3.63, 3.8) is 0 Å². The fourth-order valence-corrected chi connectivity index (χ4v) is 2.69. The second-order valence-corrected chi connectivity index (χ2v) is 4.74. The highest BCUT2D eigenvalue weighted by atomic mass is 16.4. The Kier molecular flexibility index (Phi) is 2.00. The Morgan fingerprint density at radius 2 is 1.21 bits per heavy atom. The van der Waals surface area contributed by atoms with Gasteiger partial charge in [0.05, 0.1) is 0 Å². The highest BCUT2D eigenvalue weighted by Gasteiger charge is 2.28. The molecule has 19 heavy (non-hydrogen) atoms. The van der Waals surface area contributed by atoms with Crippen molar-refractivity contribution in [2.45, 2.75) is 0 Å². The van der Waals surface area contributed by atoms with Crippen LogP contribution in [0.5, 0.6) is 0 Å². The van der Waals surface area contributed by atoms with Crippen molar-refractivity contribution in [3.8, 4) is 0 Å². The molecule has 0 saturated heterocycles. The van der Waals surface area contributed by atoms with Crippen molar-refractivity contribution in [3.05, 3.63) is 70.8 Å². The quantitative estimate of drug-likeness (QED) is 0.485. The Balaban J connectivity index is 1.74. The molecular weight excluding hydrogens is 234 g/mol. The van der Waals surface area contributed by atoms with Gasteiger partial charge >= 0.3 is 0 Å². The molecule has 2 aromatic carbocycles. The monoisotopic (exact) mass is 245 g/mol. The third-order valence-corrected chi connectivity index (χ3v) is 3.71. The van der Waals surface area contributed by atoms with E-state index in [-0.39, 0.29) is 0 Å². The molecule has 0 saturated carbocycles. The summed E-state index contributed by atoms with van der Waals surface area (Å²) < 4.78 is 0. The van der Waals surface area contributed by atoms with Crippen molar-refractivity contribution < 1.29 is 5.21 Å². The topological polar surface area (TPSA) is 32.6 Å². The lowest BCUT2D eigenvalue weighted by atomic mass is 9.77. The van der Waals surface area contributed by atoms with E-state index in [1.165, 1.54) is 11.1 Å². The highest BCUT2D eigenvalue weighted by Crippen LogP contribution is 2.41. The van der Waals surface area contributed by atoms with E-state index >= 15 is 0 Å². The van der Waals surface area contributed by atoms with E-state index in [1.807, 2.05) is 24.3 Å². The Bertz CT molecular complexity index is 718. The van der Waals surface area contributed by atoms with E-state index in [0.717, 1.165) is 22.3 Å². The van der Waals surface area contributed by atoms with Gasteiger partial charge in [0.2, 0.25) is 0 Å². The molecule has 0 aliphatic heterocycles. The Morgan fingerprint density at radius 1 is 0.737 bits per heavy atom. The van der Waals surface area contributed by atoms with Crippen LogP contribution in [0.2, 0.25) is 0 Å². The number of rotatable bonds is 2. The molecule has 0 atom stereocenters. The van der Waals surface area contributed by atoms with E-state index in [4.69, 9.17) is 0 Å². The molecule has 0 radical (unpaired) electrons. The number of hydrogen-bond acceptors (Lipinski definition) is 2. The van der Waals surface area contributed by atoms with Crippen molar-refractivity contribution in [1.82, 2.24) is 0 Å². The van der Waals surface area contributed by atoms with E-state index in [1.54, 1.807) is 0 Å². The number of fused-ring (bicyclic) bond motifs is 2. The van der Waals surface area contributed by atoms with Gasteiger partial charge in [-0.15, -0.1) is 0 Å². The molecule has 0 fully saturated rings. The van der Waals surface area contributed by atoms with Gasteiger partial charge in [-0.2, -0.15) is 0 Å². The van der Waals surface area contributed by atoms with Crippen LogP contribution >= 0.6 is 0 Å².